The largest absolute Gasteiger partial charge is 0.508 e. The molecule has 10 nitrogen and oxygen atoms in total. The van der Waals surface area contributed by atoms with Crippen molar-refractivity contribution >= 4 is 41.6 Å². The number of carbonyl (C=O) groups is 5. The van der Waals surface area contributed by atoms with Crippen LogP contribution in [-0.4, -0.2) is 69.8 Å². The summed E-state index contributed by atoms with van der Waals surface area (Å²) in [5.41, 5.74) is -0.649. The van der Waals surface area contributed by atoms with Crippen molar-refractivity contribution in [1.29, 1.82) is 0 Å². The summed E-state index contributed by atoms with van der Waals surface area (Å²) in [5, 5.41) is 23.4. The van der Waals surface area contributed by atoms with Gasteiger partial charge in [0.15, 0.2) is 0 Å². The van der Waals surface area contributed by atoms with Crippen molar-refractivity contribution in [3.8, 4) is 5.75 Å². The Hall–Kier alpha value is -3.14. The number of phenols is 1. The zero-order chi connectivity index (χ0) is 24.9. The lowest BCUT2D eigenvalue weighted by molar-refractivity contribution is -0.143. The molecule has 180 valence electrons. The minimum Gasteiger partial charge on any atom is -0.508 e. The van der Waals surface area contributed by atoms with E-state index in [0.717, 1.165) is 0 Å². The zero-order valence-corrected chi connectivity index (χ0v) is 19.4. The molecular formula is C22H28ClN3O7. The fourth-order valence-electron chi connectivity index (χ4n) is 3.61. The molecular weight excluding hydrogens is 454 g/mol. The number of nitrogens with zero attached hydrogens (tertiary/aromatic N) is 1. The molecule has 0 saturated carbocycles. The van der Waals surface area contributed by atoms with Crippen LogP contribution in [0.5, 0.6) is 5.75 Å². The Labute approximate surface area is 196 Å². The summed E-state index contributed by atoms with van der Waals surface area (Å²) in [7, 11) is 0. The first-order valence-corrected chi connectivity index (χ1v) is 10.8. The number of phenolic OH excluding ortho intramolecular Hbond substituents is 1. The maximum Gasteiger partial charge on any atom is 0.305 e. The number of aromatic hydroxyl groups is 1. The number of likely N-dealkylation sites (tertiary alicyclic amines) is 1. The first-order valence-electron chi connectivity index (χ1n) is 10.4. The first kappa shape index (κ1) is 26.1. The summed E-state index contributed by atoms with van der Waals surface area (Å²) >= 11 is 6.05. The molecule has 1 aromatic rings. The Bertz CT molecular complexity index is 944. The number of amides is 3. The molecule has 1 heterocycles. The Morgan fingerprint density at radius 2 is 1.91 bits per heavy atom. The van der Waals surface area contributed by atoms with Gasteiger partial charge >= 0.3 is 5.97 Å². The second kappa shape index (κ2) is 10.7. The highest BCUT2D eigenvalue weighted by Gasteiger charge is 2.42. The smallest absolute Gasteiger partial charge is 0.305 e. The van der Waals surface area contributed by atoms with Gasteiger partial charge in [-0.05, 0) is 36.5 Å². The van der Waals surface area contributed by atoms with Gasteiger partial charge in [0.2, 0.25) is 11.8 Å². The van der Waals surface area contributed by atoms with Crippen molar-refractivity contribution < 1.29 is 34.2 Å². The van der Waals surface area contributed by atoms with E-state index in [4.69, 9.17) is 16.7 Å². The first-order chi connectivity index (χ1) is 15.3. The number of carboxylic acids is 1. The van der Waals surface area contributed by atoms with Gasteiger partial charge < -0.3 is 30.5 Å². The molecule has 3 amide bonds. The molecule has 1 saturated heterocycles. The van der Waals surface area contributed by atoms with E-state index < -0.39 is 53.7 Å². The summed E-state index contributed by atoms with van der Waals surface area (Å²) in [6, 6.07) is 0.743. The average Bonchev–Trinajstić information content (AvgIpc) is 3.19. The van der Waals surface area contributed by atoms with Crippen molar-refractivity contribution in [2.75, 3.05) is 6.54 Å². The van der Waals surface area contributed by atoms with Crippen molar-refractivity contribution in [2.45, 2.75) is 58.2 Å². The number of carboxylic acid groups (broad SMARTS) is 1. The predicted molar refractivity (Wildman–Crippen MR) is 119 cm³/mol. The van der Waals surface area contributed by atoms with Gasteiger partial charge in [-0.3, -0.25) is 19.2 Å². The quantitative estimate of drug-likeness (QED) is 0.408. The fourth-order valence-corrected chi connectivity index (χ4v) is 3.88. The van der Waals surface area contributed by atoms with Crippen LogP contribution < -0.4 is 10.6 Å². The van der Waals surface area contributed by atoms with Crippen molar-refractivity contribution in [1.82, 2.24) is 15.5 Å². The third kappa shape index (κ3) is 6.67. The van der Waals surface area contributed by atoms with Crippen LogP contribution in [0.25, 0.3) is 0 Å². The summed E-state index contributed by atoms with van der Waals surface area (Å²) in [6.45, 7) is 5.54. The average molecular weight is 482 g/mol. The van der Waals surface area contributed by atoms with E-state index in [2.05, 4.69) is 10.6 Å². The van der Waals surface area contributed by atoms with Crippen molar-refractivity contribution in [3.63, 3.8) is 0 Å². The SMILES string of the molecule is CC(C)(C)[C@H](NC(=O)c1ccc(O)cc1Cl)C(=O)N1CCC[C@H]1C(=O)N[C@H](C=O)CC(=O)O. The Kier molecular flexibility index (Phi) is 8.43. The van der Waals surface area contributed by atoms with Crippen LogP contribution in [0.4, 0.5) is 0 Å². The van der Waals surface area contributed by atoms with E-state index in [9.17, 15) is 29.1 Å². The van der Waals surface area contributed by atoms with Crippen LogP contribution in [0.1, 0.15) is 50.4 Å². The van der Waals surface area contributed by atoms with Gasteiger partial charge in [0.05, 0.1) is 23.0 Å². The molecule has 2 rings (SSSR count). The van der Waals surface area contributed by atoms with Crippen LogP contribution in [0.15, 0.2) is 18.2 Å². The summed E-state index contributed by atoms with van der Waals surface area (Å²) in [6.07, 6.45) is 0.643. The number of nitrogens with one attached hydrogen (secondary N) is 2. The number of rotatable bonds is 8. The highest BCUT2D eigenvalue weighted by Crippen LogP contribution is 2.27. The molecule has 0 unspecified atom stereocenters. The van der Waals surface area contributed by atoms with Crippen LogP contribution >= 0.6 is 11.6 Å². The highest BCUT2D eigenvalue weighted by molar-refractivity contribution is 6.34. The molecule has 3 atom stereocenters. The molecule has 0 bridgehead atoms. The molecule has 4 N–H and O–H groups in total. The molecule has 11 heteroatoms. The van der Waals surface area contributed by atoms with E-state index in [0.29, 0.717) is 19.1 Å². The normalized spacial score (nSPS) is 17.7. The van der Waals surface area contributed by atoms with Gasteiger partial charge in [0, 0.05) is 6.54 Å². The lowest BCUT2D eigenvalue weighted by Gasteiger charge is -2.35. The molecule has 33 heavy (non-hydrogen) atoms. The summed E-state index contributed by atoms with van der Waals surface area (Å²) in [5.74, 6) is -3.07. The Morgan fingerprint density at radius 3 is 2.45 bits per heavy atom. The van der Waals surface area contributed by atoms with E-state index in [1.807, 2.05) is 0 Å². The van der Waals surface area contributed by atoms with Crippen LogP contribution in [0, 0.1) is 5.41 Å². The lowest BCUT2D eigenvalue weighted by atomic mass is 9.85. The van der Waals surface area contributed by atoms with Crippen LogP contribution in [0.3, 0.4) is 0 Å². The standard InChI is InChI=1S/C22H28ClN3O7/c1-22(2,3)18(25-19(31)14-7-6-13(28)10-15(14)23)21(33)26-8-4-5-16(26)20(32)24-12(11-27)9-17(29)30/h6-7,10-12,16,18,28H,4-5,8-9H2,1-3H3,(H,24,32)(H,25,31)(H,29,30)/t12-,16-,18+/m0/s1. The molecule has 0 spiro atoms. The molecule has 1 aliphatic heterocycles. The lowest BCUT2D eigenvalue weighted by Crippen LogP contribution is -2.58. The summed E-state index contributed by atoms with van der Waals surface area (Å²) in [4.78, 5) is 62.3. The van der Waals surface area contributed by atoms with Gasteiger partial charge in [-0.15, -0.1) is 0 Å². The number of hydrogen-bond donors (Lipinski definition) is 4. The third-order valence-corrected chi connectivity index (χ3v) is 5.62. The highest BCUT2D eigenvalue weighted by atomic mass is 35.5. The summed E-state index contributed by atoms with van der Waals surface area (Å²) < 4.78 is 0. The number of benzene rings is 1. The van der Waals surface area contributed by atoms with Gasteiger partial charge in [-0.2, -0.15) is 0 Å². The maximum atomic E-state index is 13.4. The van der Waals surface area contributed by atoms with E-state index >= 15 is 0 Å². The second-order valence-electron chi connectivity index (χ2n) is 8.98. The van der Waals surface area contributed by atoms with Crippen LogP contribution in [0.2, 0.25) is 5.02 Å². The minimum atomic E-state index is -1.24. The number of carbonyl (C=O) groups excluding carboxylic acids is 4. The Morgan fingerprint density at radius 1 is 1.24 bits per heavy atom. The van der Waals surface area contributed by atoms with Crippen molar-refractivity contribution in [3.05, 3.63) is 28.8 Å². The molecule has 0 aliphatic carbocycles. The number of hydrogen-bond acceptors (Lipinski definition) is 6. The van der Waals surface area contributed by atoms with Gasteiger partial charge in [-0.1, -0.05) is 32.4 Å². The van der Waals surface area contributed by atoms with Crippen LogP contribution in [-0.2, 0) is 19.2 Å². The molecule has 0 aromatic heterocycles. The van der Waals surface area contributed by atoms with Crippen molar-refractivity contribution in [2.24, 2.45) is 5.41 Å². The molecule has 1 aliphatic rings. The molecule has 0 radical (unpaired) electrons. The van der Waals surface area contributed by atoms with Gasteiger partial charge in [0.1, 0.15) is 24.1 Å². The van der Waals surface area contributed by atoms with E-state index in [1.54, 1.807) is 20.8 Å². The van der Waals surface area contributed by atoms with Gasteiger partial charge in [-0.25, -0.2) is 0 Å². The number of aldehydes is 1. The molecule has 1 fully saturated rings. The second-order valence-corrected chi connectivity index (χ2v) is 9.38. The fraction of sp³-hybridized carbons (Fsp3) is 0.500. The number of halogens is 1. The monoisotopic (exact) mass is 481 g/mol. The minimum absolute atomic E-state index is 0.0179. The van der Waals surface area contributed by atoms with Gasteiger partial charge in [0.25, 0.3) is 5.91 Å². The third-order valence-electron chi connectivity index (χ3n) is 5.31. The van der Waals surface area contributed by atoms with E-state index in [1.165, 1.54) is 23.1 Å². The molecule has 1 aromatic carbocycles. The predicted octanol–water partition coefficient (Wildman–Crippen LogP) is 1.34. The maximum absolute atomic E-state index is 13.4. The Balaban J connectivity index is 2.22. The van der Waals surface area contributed by atoms with E-state index in [-0.39, 0.29) is 22.9 Å². The zero-order valence-electron chi connectivity index (χ0n) is 18.6. The number of aliphatic carboxylic acids is 1. The topological polar surface area (TPSA) is 153 Å².